The van der Waals surface area contributed by atoms with Gasteiger partial charge in [0.1, 0.15) is 11.5 Å². The van der Waals surface area contributed by atoms with E-state index >= 15 is 0 Å². The molecule has 0 aliphatic heterocycles. The van der Waals surface area contributed by atoms with Crippen LogP contribution in [0.3, 0.4) is 0 Å². The van der Waals surface area contributed by atoms with Gasteiger partial charge in [0.05, 0.1) is 5.76 Å². The van der Waals surface area contributed by atoms with Gasteiger partial charge in [-0.25, -0.2) is 4.79 Å². The van der Waals surface area contributed by atoms with Crippen LogP contribution in [0.25, 0.3) is 12.2 Å². The number of esters is 1. The lowest BCUT2D eigenvalue weighted by molar-refractivity contribution is -0.145. The average Bonchev–Trinajstić information content (AvgIpc) is 2.68. The standard InChI is InChI=1S/C24H26O5/c1-17(2)24(25)29-16-27-22-11-8-20(9-12-22)6-7-21-10-13-23(19(5)14-21)28-15-26-18(3)4/h6-14H,1,3,15-16H2,2,4-5H3/b7-6+. The molecule has 2 aromatic carbocycles. The van der Waals surface area contributed by atoms with Crippen LogP contribution in [0, 0.1) is 6.92 Å². The molecule has 0 spiro atoms. The van der Waals surface area contributed by atoms with E-state index in [1.807, 2.05) is 61.5 Å². The highest BCUT2D eigenvalue weighted by atomic mass is 16.7. The SMILES string of the molecule is C=C(C)OCOc1ccc(/C=C/c2ccc(OCOC(=O)C(=C)C)cc2)cc1C. The molecule has 0 N–H and O–H groups in total. The third-order valence-corrected chi connectivity index (χ3v) is 3.83. The van der Waals surface area contributed by atoms with Crippen molar-refractivity contribution in [1.29, 1.82) is 0 Å². The Bertz CT molecular complexity index is 894. The Balaban J connectivity index is 1.89. The second kappa shape index (κ2) is 10.8. The van der Waals surface area contributed by atoms with Gasteiger partial charge < -0.3 is 18.9 Å². The van der Waals surface area contributed by atoms with E-state index in [0.717, 1.165) is 22.4 Å². The van der Waals surface area contributed by atoms with Crippen molar-refractivity contribution >= 4 is 18.1 Å². The summed E-state index contributed by atoms with van der Waals surface area (Å²) < 4.78 is 21.1. The third-order valence-electron chi connectivity index (χ3n) is 3.83. The molecular formula is C24H26O5. The van der Waals surface area contributed by atoms with Crippen molar-refractivity contribution in [3.8, 4) is 11.5 Å². The van der Waals surface area contributed by atoms with Crippen LogP contribution in [0.1, 0.15) is 30.5 Å². The van der Waals surface area contributed by atoms with Crippen LogP contribution >= 0.6 is 0 Å². The Morgan fingerprint density at radius 1 is 0.897 bits per heavy atom. The maximum atomic E-state index is 11.3. The van der Waals surface area contributed by atoms with Gasteiger partial charge in [0.2, 0.25) is 13.6 Å². The molecule has 0 saturated carbocycles. The third kappa shape index (κ3) is 7.58. The number of aryl methyl sites for hydroxylation is 1. The number of hydrogen-bond donors (Lipinski definition) is 0. The molecule has 2 aromatic rings. The molecule has 5 nitrogen and oxygen atoms in total. The average molecular weight is 394 g/mol. The van der Waals surface area contributed by atoms with E-state index in [2.05, 4.69) is 13.2 Å². The normalized spacial score (nSPS) is 10.4. The van der Waals surface area contributed by atoms with Gasteiger partial charge in [0.25, 0.3) is 0 Å². The van der Waals surface area contributed by atoms with E-state index < -0.39 is 5.97 Å². The van der Waals surface area contributed by atoms with Gasteiger partial charge in [-0.2, -0.15) is 0 Å². The van der Waals surface area contributed by atoms with Crippen LogP contribution in [-0.4, -0.2) is 19.6 Å². The van der Waals surface area contributed by atoms with Crippen LogP contribution in [0.4, 0.5) is 0 Å². The monoisotopic (exact) mass is 394 g/mol. The highest BCUT2D eigenvalue weighted by molar-refractivity contribution is 5.86. The number of hydrogen-bond acceptors (Lipinski definition) is 5. The van der Waals surface area contributed by atoms with Crippen molar-refractivity contribution in [2.45, 2.75) is 20.8 Å². The Morgan fingerprint density at radius 2 is 1.52 bits per heavy atom. The molecule has 29 heavy (non-hydrogen) atoms. The van der Waals surface area contributed by atoms with E-state index in [1.54, 1.807) is 13.8 Å². The highest BCUT2D eigenvalue weighted by Crippen LogP contribution is 2.21. The Kier molecular flexibility index (Phi) is 8.10. The van der Waals surface area contributed by atoms with E-state index in [-0.39, 0.29) is 13.6 Å². The minimum absolute atomic E-state index is 0.145. The molecule has 0 bridgehead atoms. The van der Waals surface area contributed by atoms with E-state index in [4.69, 9.17) is 18.9 Å². The summed E-state index contributed by atoms with van der Waals surface area (Å²) in [5.41, 5.74) is 3.43. The van der Waals surface area contributed by atoms with Crippen LogP contribution < -0.4 is 9.47 Å². The first kappa shape index (κ1) is 21.8. The zero-order valence-corrected chi connectivity index (χ0v) is 17.1. The van der Waals surface area contributed by atoms with Gasteiger partial charge in [-0.1, -0.05) is 43.5 Å². The fourth-order valence-electron chi connectivity index (χ4n) is 2.27. The predicted molar refractivity (Wildman–Crippen MR) is 114 cm³/mol. The zero-order valence-electron chi connectivity index (χ0n) is 17.1. The molecule has 5 heteroatoms. The minimum atomic E-state index is -0.473. The topological polar surface area (TPSA) is 54.0 Å². The van der Waals surface area contributed by atoms with Crippen molar-refractivity contribution in [3.63, 3.8) is 0 Å². The maximum absolute atomic E-state index is 11.3. The van der Waals surface area contributed by atoms with Gasteiger partial charge in [0, 0.05) is 5.57 Å². The lowest BCUT2D eigenvalue weighted by Crippen LogP contribution is -2.10. The van der Waals surface area contributed by atoms with E-state index in [1.165, 1.54) is 0 Å². The van der Waals surface area contributed by atoms with Crippen LogP contribution in [0.5, 0.6) is 11.5 Å². The van der Waals surface area contributed by atoms with Crippen molar-refractivity contribution in [2.24, 2.45) is 0 Å². The fourth-order valence-corrected chi connectivity index (χ4v) is 2.27. The Labute approximate surface area is 171 Å². The van der Waals surface area contributed by atoms with Gasteiger partial charge in [-0.3, -0.25) is 0 Å². The first-order valence-electron chi connectivity index (χ1n) is 9.10. The van der Waals surface area contributed by atoms with Gasteiger partial charge >= 0.3 is 5.97 Å². The lowest BCUT2D eigenvalue weighted by Gasteiger charge is -2.10. The number of rotatable bonds is 10. The summed E-state index contributed by atoms with van der Waals surface area (Å²) in [6.07, 6.45) is 4.02. The molecule has 0 fully saturated rings. The maximum Gasteiger partial charge on any atom is 0.335 e. The summed E-state index contributed by atoms with van der Waals surface area (Å²) in [7, 11) is 0. The first-order chi connectivity index (χ1) is 13.8. The van der Waals surface area contributed by atoms with Gasteiger partial charge in [0.15, 0.2) is 0 Å². The predicted octanol–water partition coefficient (Wildman–Crippen LogP) is 5.51. The Hall–Kier alpha value is -3.47. The highest BCUT2D eigenvalue weighted by Gasteiger charge is 2.03. The smallest absolute Gasteiger partial charge is 0.335 e. The molecule has 0 unspecified atom stereocenters. The number of carbonyl (C=O) groups is 1. The zero-order chi connectivity index (χ0) is 21.2. The molecule has 0 atom stereocenters. The summed E-state index contributed by atoms with van der Waals surface area (Å²) in [6.45, 7) is 12.5. The largest absolute Gasteiger partial charge is 0.463 e. The summed E-state index contributed by atoms with van der Waals surface area (Å²) in [5, 5.41) is 0. The summed E-state index contributed by atoms with van der Waals surface area (Å²) in [4.78, 5) is 11.3. The minimum Gasteiger partial charge on any atom is -0.463 e. The number of ether oxygens (including phenoxy) is 4. The molecule has 0 saturated heterocycles. The fraction of sp³-hybridized carbons (Fsp3) is 0.208. The summed E-state index contributed by atoms with van der Waals surface area (Å²) >= 11 is 0. The molecule has 0 amide bonds. The number of allylic oxidation sites excluding steroid dienone is 1. The molecule has 2 rings (SSSR count). The lowest BCUT2D eigenvalue weighted by atomic mass is 10.1. The molecule has 0 radical (unpaired) electrons. The van der Waals surface area contributed by atoms with Gasteiger partial charge in [-0.05, 0) is 61.7 Å². The number of carbonyl (C=O) groups excluding carboxylic acids is 1. The van der Waals surface area contributed by atoms with Crippen LogP contribution in [0.15, 0.2) is 67.0 Å². The number of benzene rings is 2. The van der Waals surface area contributed by atoms with Crippen LogP contribution in [0.2, 0.25) is 0 Å². The van der Waals surface area contributed by atoms with E-state index in [0.29, 0.717) is 17.1 Å². The van der Waals surface area contributed by atoms with Crippen LogP contribution in [-0.2, 0) is 14.3 Å². The molecule has 0 aromatic heterocycles. The quantitative estimate of drug-likeness (QED) is 0.175. The molecule has 0 heterocycles. The molecule has 0 aliphatic rings. The summed E-state index contributed by atoms with van der Waals surface area (Å²) in [5.74, 6) is 1.54. The van der Waals surface area contributed by atoms with Crippen molar-refractivity contribution in [1.82, 2.24) is 0 Å². The second-order valence-electron chi connectivity index (χ2n) is 6.51. The first-order valence-corrected chi connectivity index (χ1v) is 9.10. The molecular weight excluding hydrogens is 368 g/mol. The van der Waals surface area contributed by atoms with Crippen molar-refractivity contribution < 1.29 is 23.7 Å². The molecule has 0 aliphatic carbocycles. The molecule has 152 valence electrons. The Morgan fingerprint density at radius 3 is 2.14 bits per heavy atom. The second-order valence-corrected chi connectivity index (χ2v) is 6.51. The van der Waals surface area contributed by atoms with Gasteiger partial charge in [-0.15, -0.1) is 0 Å². The van der Waals surface area contributed by atoms with Crippen molar-refractivity contribution in [3.05, 3.63) is 83.6 Å². The van der Waals surface area contributed by atoms with E-state index in [9.17, 15) is 4.79 Å². The van der Waals surface area contributed by atoms with Crippen molar-refractivity contribution in [2.75, 3.05) is 13.6 Å². The summed E-state index contributed by atoms with van der Waals surface area (Å²) in [6, 6.07) is 13.4.